The van der Waals surface area contributed by atoms with Gasteiger partial charge < -0.3 is 25.2 Å². The molecule has 0 saturated heterocycles. The first kappa shape index (κ1) is 23.2. The number of hydrogen-bond acceptors (Lipinski definition) is 7. The van der Waals surface area contributed by atoms with Crippen molar-refractivity contribution in [2.75, 3.05) is 26.0 Å². The number of methoxy groups -OCH3 is 1. The van der Waals surface area contributed by atoms with Gasteiger partial charge >= 0.3 is 5.97 Å². The van der Waals surface area contributed by atoms with Crippen LogP contribution in [-0.2, 0) is 9.53 Å². The van der Waals surface area contributed by atoms with E-state index in [4.69, 9.17) is 21.7 Å². The van der Waals surface area contributed by atoms with E-state index >= 15 is 0 Å². The summed E-state index contributed by atoms with van der Waals surface area (Å²) in [6, 6.07) is 2.72. The Labute approximate surface area is 180 Å². The fraction of sp³-hybridized carbons (Fsp3) is 0.450. The summed E-state index contributed by atoms with van der Waals surface area (Å²) in [6.07, 6.45) is 2.59. The smallest absolute Gasteiger partial charge is 0.338 e. The molecule has 3 N–H and O–H groups in total. The van der Waals surface area contributed by atoms with Crippen molar-refractivity contribution in [3.8, 4) is 5.75 Å². The normalized spacial score (nSPS) is 20.7. The number of thiocarbonyl (C=S) groups is 1. The Morgan fingerprint density at radius 1 is 1.55 bits per heavy atom. The highest BCUT2D eigenvalue weighted by Crippen LogP contribution is 2.34. The molecule has 0 spiro atoms. The van der Waals surface area contributed by atoms with Crippen molar-refractivity contribution in [2.24, 2.45) is 0 Å². The van der Waals surface area contributed by atoms with E-state index < -0.39 is 17.4 Å². The molecule has 1 aliphatic rings. The second kappa shape index (κ2) is 11.2. The van der Waals surface area contributed by atoms with Crippen LogP contribution < -0.4 is 15.4 Å². The minimum absolute atomic E-state index is 0.174. The first-order valence-corrected chi connectivity index (χ1v) is 10.7. The molecule has 1 unspecified atom stereocenters. The van der Waals surface area contributed by atoms with Gasteiger partial charge in [-0.1, -0.05) is 24.4 Å². The zero-order chi connectivity index (χ0) is 21.4. The van der Waals surface area contributed by atoms with Crippen molar-refractivity contribution < 1.29 is 24.2 Å². The monoisotopic (exact) mass is 438 g/mol. The molecule has 1 heterocycles. The Morgan fingerprint density at radius 3 is 3.00 bits per heavy atom. The molecule has 1 amide bonds. The predicted molar refractivity (Wildman–Crippen MR) is 117 cm³/mol. The van der Waals surface area contributed by atoms with E-state index in [1.165, 1.54) is 7.11 Å². The van der Waals surface area contributed by atoms with Gasteiger partial charge in [-0.15, -0.1) is 18.3 Å². The minimum Gasteiger partial charge on any atom is -0.496 e. The number of carbonyl (C=O) groups is 2. The van der Waals surface area contributed by atoms with Gasteiger partial charge in [0.05, 0.1) is 24.3 Å². The number of ether oxygens (including phenoxy) is 2. The molecule has 2 atom stereocenters. The third-order valence-corrected chi connectivity index (χ3v) is 5.83. The summed E-state index contributed by atoms with van der Waals surface area (Å²) in [5, 5.41) is 16.6. The van der Waals surface area contributed by atoms with Gasteiger partial charge in [-0.2, -0.15) is 0 Å². The van der Waals surface area contributed by atoms with E-state index in [1.54, 1.807) is 25.1 Å². The summed E-state index contributed by atoms with van der Waals surface area (Å²) in [6.45, 7) is 5.85. The molecule has 158 valence electrons. The lowest BCUT2D eigenvalue weighted by molar-refractivity contribution is -0.122. The lowest BCUT2D eigenvalue weighted by atomic mass is 10.0. The molecule has 0 aliphatic carbocycles. The largest absolute Gasteiger partial charge is 0.496 e. The number of thioether (sulfide) groups is 1. The zero-order valence-corrected chi connectivity index (χ0v) is 18.2. The van der Waals surface area contributed by atoms with Crippen molar-refractivity contribution in [3.05, 3.63) is 41.5 Å². The highest BCUT2D eigenvalue weighted by atomic mass is 32.2. The van der Waals surface area contributed by atoms with Gasteiger partial charge in [0, 0.05) is 29.8 Å². The summed E-state index contributed by atoms with van der Waals surface area (Å²) >= 11 is 6.45. The van der Waals surface area contributed by atoms with Crippen LogP contribution in [0.2, 0.25) is 0 Å². The predicted octanol–water partition coefficient (Wildman–Crippen LogP) is 2.27. The Morgan fingerprint density at radius 2 is 2.31 bits per heavy atom. The molecule has 0 bridgehead atoms. The summed E-state index contributed by atoms with van der Waals surface area (Å²) < 4.78 is 10.7. The van der Waals surface area contributed by atoms with Crippen LogP contribution in [0, 0.1) is 6.92 Å². The Kier molecular flexibility index (Phi) is 8.94. The van der Waals surface area contributed by atoms with E-state index in [1.807, 2.05) is 0 Å². The Bertz CT molecular complexity index is 784. The van der Waals surface area contributed by atoms with Crippen LogP contribution in [0.25, 0.3) is 0 Å². The van der Waals surface area contributed by atoms with Crippen molar-refractivity contribution in [2.45, 2.75) is 31.2 Å². The number of rotatable bonds is 4. The summed E-state index contributed by atoms with van der Waals surface area (Å²) in [5.41, 5.74) is 0.267. The number of cyclic esters (lactones) is 1. The van der Waals surface area contributed by atoms with Crippen LogP contribution in [0.4, 0.5) is 0 Å². The van der Waals surface area contributed by atoms with Crippen molar-refractivity contribution in [1.82, 2.24) is 10.6 Å². The maximum atomic E-state index is 12.7. The van der Waals surface area contributed by atoms with Crippen molar-refractivity contribution in [1.29, 1.82) is 0 Å². The third-order valence-electron chi connectivity index (χ3n) is 4.41. The van der Waals surface area contributed by atoms with Crippen LogP contribution >= 0.6 is 24.0 Å². The van der Waals surface area contributed by atoms with Gasteiger partial charge in [-0.25, -0.2) is 4.79 Å². The second-order valence-electron chi connectivity index (χ2n) is 6.44. The molecule has 0 aromatic heterocycles. The van der Waals surface area contributed by atoms with Crippen LogP contribution in [-0.4, -0.2) is 54.0 Å². The number of aliphatic hydroxyl groups excluding tert-OH is 1. The van der Waals surface area contributed by atoms with Gasteiger partial charge in [0.2, 0.25) is 5.91 Å². The number of amides is 1. The lowest BCUT2D eigenvalue weighted by Gasteiger charge is -2.22. The quantitative estimate of drug-likeness (QED) is 0.374. The molecule has 1 aromatic rings. The summed E-state index contributed by atoms with van der Waals surface area (Å²) in [5.74, 6) is 0.0330. The minimum atomic E-state index is -1.03. The fourth-order valence-electron chi connectivity index (χ4n) is 2.90. The van der Waals surface area contributed by atoms with Crippen LogP contribution in [0.15, 0.2) is 24.8 Å². The van der Waals surface area contributed by atoms with Crippen molar-refractivity contribution in [3.63, 3.8) is 0 Å². The molecule has 29 heavy (non-hydrogen) atoms. The number of benzene rings is 1. The first-order chi connectivity index (χ1) is 13.9. The molecule has 1 aromatic carbocycles. The van der Waals surface area contributed by atoms with Gasteiger partial charge in [0.1, 0.15) is 17.2 Å². The van der Waals surface area contributed by atoms with Crippen LogP contribution in [0.3, 0.4) is 0 Å². The Balaban J connectivity index is 2.34. The lowest BCUT2D eigenvalue weighted by Crippen LogP contribution is -2.48. The van der Waals surface area contributed by atoms with Gasteiger partial charge in [-0.05, 0) is 19.4 Å². The molecule has 2 rings (SSSR count). The average Bonchev–Trinajstić information content (AvgIpc) is 2.71. The third kappa shape index (κ3) is 6.19. The highest BCUT2D eigenvalue weighted by molar-refractivity contribution is 7.99. The van der Waals surface area contributed by atoms with Crippen LogP contribution in [0.1, 0.15) is 39.8 Å². The number of esters is 1. The number of hydrogen-bond donors (Lipinski definition) is 3. The van der Waals surface area contributed by atoms with E-state index in [2.05, 4.69) is 17.2 Å². The molecular weight excluding hydrogens is 412 g/mol. The Hall–Kier alpha value is -2.10. The molecule has 1 aliphatic heterocycles. The summed E-state index contributed by atoms with van der Waals surface area (Å²) in [7, 11) is 1.52. The molecular formula is C20H26N2O5S2. The van der Waals surface area contributed by atoms with E-state index in [9.17, 15) is 14.7 Å². The molecule has 0 fully saturated rings. The van der Waals surface area contributed by atoms with Gasteiger partial charge in [0.25, 0.3) is 0 Å². The first-order valence-electron chi connectivity index (χ1n) is 9.21. The molecule has 7 nitrogen and oxygen atoms in total. The highest BCUT2D eigenvalue weighted by Gasteiger charge is 2.27. The van der Waals surface area contributed by atoms with E-state index in [-0.39, 0.29) is 23.8 Å². The SMILES string of the molecule is C=CCNC(=O)C1CS[C@@H](O)c2ccc(OC)c(C)c2C(=O)OCCCC(=S)N1. The number of carbonyl (C=O) groups excluding carboxylic acids is 2. The molecule has 0 saturated carbocycles. The van der Waals surface area contributed by atoms with Gasteiger partial charge in [0.15, 0.2) is 0 Å². The zero-order valence-electron chi connectivity index (χ0n) is 16.5. The maximum Gasteiger partial charge on any atom is 0.338 e. The number of fused-ring (bicyclic) bond motifs is 1. The fourth-order valence-corrected chi connectivity index (χ4v) is 4.18. The number of aliphatic hydroxyl groups is 1. The number of nitrogens with one attached hydrogen (secondary N) is 2. The summed E-state index contributed by atoms with van der Waals surface area (Å²) in [4.78, 5) is 25.7. The standard InChI is InChI=1S/C20H26N2O5S2/c1-4-9-21-18(23)14-11-29-20(25)13-7-8-15(26-3)12(2)17(13)19(24)27-10-5-6-16(28)22-14/h4,7-8,14,20,25H,1,5-6,9-11H2,2-3H3,(H,21,23)(H,22,28)/t14?,20-/m1/s1. The molecule has 9 heteroatoms. The van der Waals surface area contributed by atoms with E-state index in [0.717, 1.165) is 11.8 Å². The second-order valence-corrected chi connectivity index (χ2v) is 8.04. The van der Waals surface area contributed by atoms with E-state index in [0.29, 0.717) is 41.3 Å². The topological polar surface area (TPSA) is 96.9 Å². The van der Waals surface area contributed by atoms with Crippen LogP contribution in [0.5, 0.6) is 5.75 Å². The molecule has 0 radical (unpaired) electrons. The van der Waals surface area contributed by atoms with Gasteiger partial charge in [-0.3, -0.25) is 4.79 Å². The van der Waals surface area contributed by atoms with Crippen molar-refractivity contribution >= 4 is 40.8 Å². The maximum absolute atomic E-state index is 12.7. The average molecular weight is 439 g/mol.